The van der Waals surface area contributed by atoms with Crippen LogP contribution in [0.2, 0.25) is 0 Å². The topological polar surface area (TPSA) is 123 Å². The Morgan fingerprint density at radius 3 is 2.17 bits per heavy atom. The van der Waals surface area contributed by atoms with Gasteiger partial charge < -0.3 is 5.11 Å². The Bertz CT molecular complexity index is 717. The molecule has 1 aromatic carbocycles. The Morgan fingerprint density at radius 2 is 1.70 bits per heavy atom. The number of aliphatic carboxylic acids is 1. The molecule has 124 valence electrons. The number of alkyl halides is 4. The third-order valence-electron chi connectivity index (χ3n) is 2.80. The first-order valence-electron chi connectivity index (χ1n) is 5.77. The Morgan fingerprint density at radius 1 is 1.13 bits per heavy atom. The number of H-pyrrole nitrogens is 1. The predicted molar refractivity (Wildman–Crippen MR) is 64.3 cm³/mol. The van der Waals surface area contributed by atoms with Crippen molar-refractivity contribution in [2.24, 2.45) is 0 Å². The van der Waals surface area contributed by atoms with Gasteiger partial charge in [0.15, 0.2) is 5.82 Å². The van der Waals surface area contributed by atoms with Crippen molar-refractivity contribution in [3.8, 4) is 11.4 Å². The summed E-state index contributed by atoms with van der Waals surface area (Å²) in [6.07, 6.45) is 0. The van der Waals surface area contributed by atoms with Crippen LogP contribution >= 0.6 is 0 Å². The van der Waals surface area contributed by atoms with Crippen LogP contribution in [0, 0.1) is 0 Å². The van der Waals surface area contributed by atoms with Gasteiger partial charge in [0.1, 0.15) is 0 Å². The van der Waals surface area contributed by atoms with E-state index in [1.165, 1.54) is 12.1 Å². The zero-order chi connectivity index (χ0) is 17.4. The molecule has 0 spiro atoms. The lowest BCUT2D eigenvalue weighted by molar-refractivity contribution is -0.231. The molecule has 12 heteroatoms. The van der Waals surface area contributed by atoms with E-state index in [4.69, 9.17) is 15.5 Å². The van der Waals surface area contributed by atoms with Crippen LogP contribution in [0.5, 0.6) is 0 Å². The zero-order valence-corrected chi connectivity index (χ0v) is 10.9. The van der Waals surface area contributed by atoms with Crippen molar-refractivity contribution < 1.29 is 37.9 Å². The molecule has 0 unspecified atom stereocenters. The molecule has 2 aromatic rings. The molecule has 1 aromatic heterocycles. The van der Waals surface area contributed by atoms with E-state index in [9.17, 15) is 22.4 Å². The number of carboxylic acids is 1. The van der Waals surface area contributed by atoms with Gasteiger partial charge in [-0.1, -0.05) is 0 Å². The summed E-state index contributed by atoms with van der Waals surface area (Å²) >= 11 is 0. The van der Waals surface area contributed by atoms with Crippen molar-refractivity contribution >= 4 is 11.7 Å². The number of aromatic nitrogens is 3. The van der Waals surface area contributed by atoms with E-state index in [0.29, 0.717) is 0 Å². The smallest absolute Gasteiger partial charge is 0.411 e. The number of benzene rings is 1. The first-order valence-corrected chi connectivity index (χ1v) is 5.77. The summed E-state index contributed by atoms with van der Waals surface area (Å²) in [6, 6.07) is 4.73. The van der Waals surface area contributed by atoms with Crippen molar-refractivity contribution in [3.63, 3.8) is 0 Å². The SMILES string of the molecule is O=C(O)C(F)(F)C(F)(F)c1nc(-c2ccc(N(O)O)cc2)n[nH]1. The summed E-state index contributed by atoms with van der Waals surface area (Å²) in [5.74, 6) is -15.5. The van der Waals surface area contributed by atoms with Crippen LogP contribution < -0.4 is 5.23 Å². The van der Waals surface area contributed by atoms with Crippen LogP contribution in [-0.2, 0) is 10.7 Å². The molecular formula is C11H8F4N4O4. The Kier molecular flexibility index (Phi) is 3.96. The molecule has 0 amide bonds. The van der Waals surface area contributed by atoms with Crippen LogP contribution in [-0.4, -0.2) is 42.6 Å². The van der Waals surface area contributed by atoms with Gasteiger partial charge in [0.05, 0.1) is 5.69 Å². The first kappa shape index (κ1) is 16.6. The number of nitrogens with zero attached hydrogens (tertiary/aromatic N) is 3. The van der Waals surface area contributed by atoms with Crippen molar-refractivity contribution in [1.29, 1.82) is 0 Å². The minimum absolute atomic E-state index is 0.0627. The Labute approximate surface area is 124 Å². The van der Waals surface area contributed by atoms with Gasteiger partial charge in [0.2, 0.25) is 5.82 Å². The van der Waals surface area contributed by atoms with Crippen LogP contribution in [0.1, 0.15) is 5.82 Å². The quantitative estimate of drug-likeness (QED) is 0.485. The van der Waals surface area contributed by atoms with Gasteiger partial charge in [-0.25, -0.2) is 9.78 Å². The van der Waals surface area contributed by atoms with Gasteiger partial charge in [-0.05, 0) is 24.3 Å². The van der Waals surface area contributed by atoms with Crippen molar-refractivity contribution in [1.82, 2.24) is 15.2 Å². The molecule has 4 N–H and O–H groups in total. The largest absolute Gasteiger partial charge is 0.477 e. The summed E-state index contributed by atoms with van der Waals surface area (Å²) in [6.45, 7) is 0. The maximum atomic E-state index is 13.5. The van der Waals surface area contributed by atoms with Gasteiger partial charge in [0.25, 0.3) is 0 Å². The molecule has 0 aliphatic carbocycles. The molecule has 0 saturated heterocycles. The first-order chi connectivity index (χ1) is 10.6. The van der Waals surface area contributed by atoms with E-state index in [1.807, 2.05) is 0 Å². The lowest BCUT2D eigenvalue weighted by Gasteiger charge is -2.20. The third kappa shape index (κ3) is 2.80. The number of nitrogens with one attached hydrogen (secondary N) is 1. The number of halogens is 4. The normalized spacial score (nSPS) is 12.3. The number of rotatable bonds is 5. The highest BCUT2D eigenvalue weighted by atomic mass is 19.3. The number of anilines is 1. The molecule has 8 nitrogen and oxygen atoms in total. The lowest BCUT2D eigenvalue weighted by Crippen LogP contribution is -2.45. The molecule has 0 radical (unpaired) electrons. The van der Waals surface area contributed by atoms with Gasteiger partial charge >= 0.3 is 17.8 Å². The number of hydrogen-bond acceptors (Lipinski definition) is 6. The number of aromatic amines is 1. The minimum Gasteiger partial charge on any atom is -0.477 e. The molecule has 0 atom stereocenters. The van der Waals surface area contributed by atoms with Crippen LogP contribution in [0.4, 0.5) is 23.2 Å². The molecule has 0 aliphatic heterocycles. The van der Waals surface area contributed by atoms with E-state index < -0.39 is 29.5 Å². The second-order valence-corrected chi connectivity index (χ2v) is 4.30. The van der Waals surface area contributed by atoms with Crippen molar-refractivity contribution in [2.75, 3.05) is 5.23 Å². The molecule has 23 heavy (non-hydrogen) atoms. The average Bonchev–Trinajstić information content (AvgIpc) is 2.97. The van der Waals surface area contributed by atoms with Crippen molar-refractivity contribution in [3.05, 3.63) is 30.1 Å². The highest BCUT2D eigenvalue weighted by molar-refractivity contribution is 5.77. The van der Waals surface area contributed by atoms with E-state index in [2.05, 4.69) is 10.1 Å². The number of carbonyl (C=O) groups is 1. The molecule has 0 fully saturated rings. The fourth-order valence-corrected chi connectivity index (χ4v) is 1.56. The predicted octanol–water partition coefficient (Wildman–Crippen LogP) is 1.87. The highest BCUT2D eigenvalue weighted by Crippen LogP contribution is 2.41. The van der Waals surface area contributed by atoms with Gasteiger partial charge in [-0.3, -0.25) is 15.5 Å². The lowest BCUT2D eigenvalue weighted by atomic mass is 10.1. The fourth-order valence-electron chi connectivity index (χ4n) is 1.56. The van der Waals surface area contributed by atoms with Crippen LogP contribution in [0.3, 0.4) is 0 Å². The van der Waals surface area contributed by atoms with Gasteiger partial charge in [-0.15, -0.1) is 5.23 Å². The molecular weight excluding hydrogens is 328 g/mol. The van der Waals surface area contributed by atoms with Crippen LogP contribution in [0.15, 0.2) is 24.3 Å². The number of carboxylic acid groups (broad SMARTS) is 1. The standard InChI is InChI=1S/C11H8F4N4O4/c12-10(13,11(14,15)9(20)21)8-16-7(17-18-8)5-1-3-6(4-2-5)19(22)23/h1-4,22-23H,(H,20,21)(H,16,17,18). The highest BCUT2D eigenvalue weighted by Gasteiger charge is 2.65. The summed E-state index contributed by atoms with van der Waals surface area (Å²) in [5, 5.41) is 30.4. The average molecular weight is 336 g/mol. The second-order valence-electron chi connectivity index (χ2n) is 4.30. The van der Waals surface area contributed by atoms with Gasteiger partial charge in [0, 0.05) is 5.56 Å². The summed E-state index contributed by atoms with van der Waals surface area (Å²) < 4.78 is 53.2. The monoisotopic (exact) mass is 336 g/mol. The van der Waals surface area contributed by atoms with Crippen LogP contribution in [0.25, 0.3) is 11.4 Å². The summed E-state index contributed by atoms with van der Waals surface area (Å²) in [5.41, 5.74) is 0.0276. The molecule has 2 rings (SSSR count). The fraction of sp³-hybridized carbons (Fsp3) is 0.182. The Hall–Kier alpha value is -2.73. The third-order valence-corrected chi connectivity index (χ3v) is 2.80. The van der Waals surface area contributed by atoms with E-state index in [-0.39, 0.29) is 16.5 Å². The zero-order valence-electron chi connectivity index (χ0n) is 10.9. The molecule has 0 aliphatic rings. The summed E-state index contributed by atoms with van der Waals surface area (Å²) in [7, 11) is 0. The van der Waals surface area contributed by atoms with Crippen molar-refractivity contribution in [2.45, 2.75) is 11.8 Å². The molecule has 0 bridgehead atoms. The maximum absolute atomic E-state index is 13.5. The van der Waals surface area contributed by atoms with E-state index in [1.54, 1.807) is 5.10 Å². The van der Waals surface area contributed by atoms with E-state index >= 15 is 0 Å². The molecule has 0 saturated carbocycles. The second kappa shape index (κ2) is 5.48. The Balaban J connectivity index is 2.35. The van der Waals surface area contributed by atoms with Gasteiger partial charge in [-0.2, -0.15) is 22.7 Å². The molecule has 1 heterocycles. The summed E-state index contributed by atoms with van der Waals surface area (Å²) in [4.78, 5) is 13.5. The maximum Gasteiger partial charge on any atom is 0.411 e. The minimum atomic E-state index is -5.37. The van der Waals surface area contributed by atoms with E-state index in [0.717, 1.165) is 12.1 Å². The number of hydrogen-bond donors (Lipinski definition) is 4.